The van der Waals surface area contributed by atoms with Crippen LogP contribution in [0.5, 0.6) is 11.5 Å². The van der Waals surface area contributed by atoms with Crippen molar-refractivity contribution in [2.75, 3.05) is 13.2 Å². The van der Waals surface area contributed by atoms with Crippen LogP contribution in [0.25, 0.3) is 5.69 Å². The number of benzene rings is 1. The van der Waals surface area contributed by atoms with Gasteiger partial charge in [0.15, 0.2) is 11.5 Å². The summed E-state index contributed by atoms with van der Waals surface area (Å²) in [6.45, 7) is 4.39. The van der Waals surface area contributed by atoms with E-state index in [4.69, 9.17) is 9.47 Å². The number of hydrogen-bond acceptors (Lipinski definition) is 5. The molecule has 0 saturated heterocycles. The minimum atomic E-state index is -3.25. The Balaban J connectivity index is 1.32. The summed E-state index contributed by atoms with van der Waals surface area (Å²) in [7, 11) is 0. The van der Waals surface area contributed by atoms with E-state index >= 15 is 0 Å². The van der Waals surface area contributed by atoms with Gasteiger partial charge in [-0.1, -0.05) is 12.1 Å². The van der Waals surface area contributed by atoms with Gasteiger partial charge in [0.1, 0.15) is 18.0 Å². The number of amides is 1. The number of alkyl halides is 2. The van der Waals surface area contributed by atoms with Crippen LogP contribution in [0.15, 0.2) is 47.7 Å². The highest BCUT2D eigenvalue weighted by Gasteiger charge is 2.41. The second kappa shape index (κ2) is 7.72. The molecule has 2 aliphatic heterocycles. The van der Waals surface area contributed by atoms with Gasteiger partial charge in [-0.3, -0.25) is 9.59 Å². The lowest BCUT2D eigenvalue weighted by Crippen LogP contribution is -2.50. The van der Waals surface area contributed by atoms with E-state index in [9.17, 15) is 18.4 Å². The summed E-state index contributed by atoms with van der Waals surface area (Å²) in [6.07, 6.45) is -0.428. The quantitative estimate of drug-likeness (QED) is 0.590. The summed E-state index contributed by atoms with van der Waals surface area (Å²) in [4.78, 5) is 31.8. The third kappa shape index (κ3) is 3.75. The number of rotatable bonds is 5. The SMILES string of the molecule is Cc1cn(-c2ccc3n(c2=O)CCN([C@@H](C)COc2cccc4c2OC(F)(F)C4)C3=O)cn1. The molecule has 2 aliphatic rings. The predicted octanol–water partition coefficient (Wildman–Crippen LogP) is 2.79. The average molecular weight is 456 g/mol. The maximum absolute atomic E-state index is 13.6. The van der Waals surface area contributed by atoms with Crippen LogP contribution >= 0.6 is 0 Å². The zero-order valence-electron chi connectivity index (χ0n) is 18.1. The maximum Gasteiger partial charge on any atom is 0.402 e. The average Bonchev–Trinajstić information content (AvgIpc) is 3.34. The third-order valence-corrected chi connectivity index (χ3v) is 5.91. The highest BCUT2D eigenvalue weighted by atomic mass is 19.3. The van der Waals surface area contributed by atoms with E-state index in [0.29, 0.717) is 30.0 Å². The van der Waals surface area contributed by atoms with Gasteiger partial charge in [-0.15, -0.1) is 0 Å². The van der Waals surface area contributed by atoms with Crippen LogP contribution in [0.4, 0.5) is 8.78 Å². The number of imidazole rings is 1. The van der Waals surface area contributed by atoms with Gasteiger partial charge in [0, 0.05) is 24.8 Å². The first-order valence-corrected chi connectivity index (χ1v) is 10.6. The fourth-order valence-corrected chi connectivity index (χ4v) is 4.24. The van der Waals surface area contributed by atoms with Crippen molar-refractivity contribution in [2.24, 2.45) is 0 Å². The highest BCUT2D eigenvalue weighted by molar-refractivity contribution is 5.93. The molecule has 0 radical (unpaired) electrons. The van der Waals surface area contributed by atoms with Crippen molar-refractivity contribution >= 4 is 5.91 Å². The lowest BCUT2D eigenvalue weighted by atomic mass is 10.1. The molecule has 172 valence electrons. The maximum atomic E-state index is 13.6. The van der Waals surface area contributed by atoms with Gasteiger partial charge in [0.25, 0.3) is 11.5 Å². The smallest absolute Gasteiger partial charge is 0.402 e. The fraction of sp³-hybridized carbons (Fsp3) is 0.348. The van der Waals surface area contributed by atoms with Crippen molar-refractivity contribution < 1.29 is 23.0 Å². The summed E-state index contributed by atoms with van der Waals surface area (Å²) >= 11 is 0. The minimum absolute atomic E-state index is 0.0406. The molecule has 1 atom stereocenters. The van der Waals surface area contributed by atoms with E-state index < -0.39 is 12.5 Å². The van der Waals surface area contributed by atoms with E-state index in [1.54, 1.807) is 52.3 Å². The van der Waals surface area contributed by atoms with Crippen molar-refractivity contribution in [3.05, 3.63) is 70.2 Å². The van der Waals surface area contributed by atoms with Crippen molar-refractivity contribution in [3.63, 3.8) is 0 Å². The van der Waals surface area contributed by atoms with Crippen molar-refractivity contribution in [1.82, 2.24) is 19.0 Å². The van der Waals surface area contributed by atoms with Crippen molar-refractivity contribution in [2.45, 2.75) is 39.0 Å². The Morgan fingerprint density at radius 3 is 2.79 bits per heavy atom. The van der Waals surface area contributed by atoms with E-state index in [1.807, 2.05) is 13.8 Å². The van der Waals surface area contributed by atoms with Gasteiger partial charge >= 0.3 is 6.11 Å². The molecule has 1 aromatic carbocycles. The number of fused-ring (bicyclic) bond motifs is 2. The number of carbonyl (C=O) groups excluding carboxylic acids is 1. The Labute approximate surface area is 188 Å². The molecule has 0 bridgehead atoms. The van der Waals surface area contributed by atoms with Crippen LogP contribution in [-0.2, 0) is 13.0 Å². The molecule has 5 rings (SSSR count). The fourth-order valence-electron chi connectivity index (χ4n) is 4.24. The Bertz CT molecular complexity index is 1300. The molecule has 3 aromatic rings. The van der Waals surface area contributed by atoms with Crippen molar-refractivity contribution in [3.8, 4) is 17.2 Å². The Morgan fingerprint density at radius 2 is 2.03 bits per heavy atom. The highest BCUT2D eigenvalue weighted by Crippen LogP contribution is 2.43. The largest absolute Gasteiger partial charge is 0.488 e. The molecule has 0 fully saturated rings. The molecule has 1 amide bonds. The molecular formula is C23H22F2N4O4. The summed E-state index contributed by atoms with van der Waals surface area (Å²) < 4.78 is 40.8. The van der Waals surface area contributed by atoms with Crippen LogP contribution in [0.3, 0.4) is 0 Å². The number of nitrogens with zero attached hydrogens (tertiary/aromatic N) is 4. The Morgan fingerprint density at radius 1 is 1.21 bits per heavy atom. The van der Waals surface area contributed by atoms with Crippen LogP contribution in [0.1, 0.15) is 28.7 Å². The third-order valence-electron chi connectivity index (χ3n) is 5.91. The molecule has 0 unspecified atom stereocenters. The molecule has 8 nitrogen and oxygen atoms in total. The normalized spacial score (nSPS) is 17.3. The number of pyridine rings is 1. The number of carbonyl (C=O) groups is 1. The summed E-state index contributed by atoms with van der Waals surface area (Å²) in [6, 6.07) is 7.68. The summed E-state index contributed by atoms with van der Waals surface area (Å²) in [5, 5.41) is 0. The Hall–Kier alpha value is -3.69. The van der Waals surface area contributed by atoms with Crippen LogP contribution in [-0.4, -0.2) is 50.2 Å². The second-order valence-electron chi connectivity index (χ2n) is 8.30. The topological polar surface area (TPSA) is 78.6 Å². The first-order chi connectivity index (χ1) is 15.7. The monoisotopic (exact) mass is 456 g/mol. The molecule has 10 heteroatoms. The van der Waals surface area contributed by atoms with Gasteiger partial charge < -0.3 is 23.5 Å². The first-order valence-electron chi connectivity index (χ1n) is 10.6. The molecule has 4 heterocycles. The van der Waals surface area contributed by atoms with E-state index in [0.717, 1.165) is 5.69 Å². The van der Waals surface area contributed by atoms with Gasteiger partial charge in [0.2, 0.25) is 0 Å². The molecule has 33 heavy (non-hydrogen) atoms. The van der Waals surface area contributed by atoms with E-state index in [1.165, 1.54) is 4.57 Å². The number of halogens is 2. The lowest BCUT2D eigenvalue weighted by molar-refractivity contribution is -0.159. The molecule has 0 saturated carbocycles. The van der Waals surface area contributed by atoms with Gasteiger partial charge in [-0.2, -0.15) is 8.78 Å². The number of para-hydroxylation sites is 1. The van der Waals surface area contributed by atoms with Gasteiger partial charge in [0.05, 0.1) is 24.5 Å². The lowest BCUT2D eigenvalue weighted by Gasteiger charge is -2.34. The summed E-state index contributed by atoms with van der Waals surface area (Å²) in [5.41, 5.74) is 1.62. The zero-order valence-corrected chi connectivity index (χ0v) is 18.1. The molecule has 0 aliphatic carbocycles. The number of hydrogen-bond donors (Lipinski definition) is 0. The zero-order chi connectivity index (χ0) is 23.3. The van der Waals surface area contributed by atoms with Crippen LogP contribution in [0.2, 0.25) is 0 Å². The standard InChI is InChI=1S/C23H22F2N4O4/c1-14-11-27(13-26-14)17-6-7-18-22(31)28(8-9-29(18)21(17)30)15(2)12-32-19-5-3-4-16-10-23(24,25)33-20(16)19/h3-7,11,13,15H,8-10,12H2,1-2H3/t15-/m0/s1. The molecule has 2 aromatic heterocycles. The second-order valence-corrected chi connectivity index (χ2v) is 8.30. The van der Waals surface area contributed by atoms with Gasteiger partial charge in [-0.05, 0) is 32.0 Å². The predicted molar refractivity (Wildman–Crippen MR) is 114 cm³/mol. The minimum Gasteiger partial charge on any atom is -0.488 e. The van der Waals surface area contributed by atoms with E-state index in [2.05, 4.69) is 4.98 Å². The number of ether oxygens (including phenoxy) is 2. The van der Waals surface area contributed by atoms with Gasteiger partial charge in [-0.25, -0.2) is 4.98 Å². The molecule has 0 spiro atoms. The Kier molecular flexibility index (Phi) is 4.95. The van der Waals surface area contributed by atoms with Crippen LogP contribution < -0.4 is 15.0 Å². The van der Waals surface area contributed by atoms with E-state index in [-0.39, 0.29) is 35.6 Å². The summed E-state index contributed by atoms with van der Waals surface area (Å²) in [5.74, 6) is -0.0272. The number of aryl methyl sites for hydroxylation is 1. The molecular weight excluding hydrogens is 434 g/mol. The first kappa shape index (κ1) is 21.2. The van der Waals surface area contributed by atoms with Crippen LogP contribution in [0, 0.1) is 6.92 Å². The number of aromatic nitrogens is 3. The van der Waals surface area contributed by atoms with Crippen molar-refractivity contribution in [1.29, 1.82) is 0 Å². The molecule has 0 N–H and O–H groups in total.